The Hall–Kier alpha value is -3.29. The van der Waals surface area contributed by atoms with Gasteiger partial charge in [0, 0.05) is 11.8 Å². The second kappa shape index (κ2) is 6.31. The highest BCUT2D eigenvalue weighted by Crippen LogP contribution is 2.33. The lowest BCUT2D eigenvalue weighted by Crippen LogP contribution is -2.17. The second-order valence-corrected chi connectivity index (χ2v) is 5.42. The summed E-state index contributed by atoms with van der Waals surface area (Å²) in [5.74, 6) is 0.889. The summed E-state index contributed by atoms with van der Waals surface area (Å²) in [6, 6.07) is 3.41. The number of anilines is 1. The van der Waals surface area contributed by atoms with E-state index in [0.717, 1.165) is 5.56 Å². The molecule has 0 radical (unpaired) electrons. The van der Waals surface area contributed by atoms with Crippen LogP contribution >= 0.6 is 0 Å². The smallest absolute Gasteiger partial charge is 0.262 e. The van der Waals surface area contributed by atoms with E-state index in [1.807, 2.05) is 6.92 Å². The van der Waals surface area contributed by atoms with Gasteiger partial charge >= 0.3 is 0 Å². The first-order valence-electron chi connectivity index (χ1n) is 7.47. The molecule has 0 spiro atoms. The lowest BCUT2D eigenvalue weighted by Gasteiger charge is -2.13. The van der Waals surface area contributed by atoms with Crippen molar-refractivity contribution in [3.8, 4) is 11.5 Å². The number of carbonyl (C=O) groups excluding carboxylic acids is 1. The Morgan fingerprint density at radius 1 is 1.20 bits per heavy atom. The number of amides is 1. The molecule has 0 bridgehead atoms. The molecule has 0 aliphatic heterocycles. The van der Waals surface area contributed by atoms with Crippen LogP contribution in [0, 0.1) is 13.8 Å². The molecule has 0 fully saturated rings. The highest BCUT2D eigenvalue weighted by Gasteiger charge is 2.22. The zero-order valence-electron chi connectivity index (χ0n) is 14.2. The molecule has 0 saturated heterocycles. The highest BCUT2D eigenvalue weighted by molar-refractivity contribution is 6.12. The first-order valence-corrected chi connectivity index (χ1v) is 7.47. The number of ether oxygens (including phenoxy) is 2. The number of furan rings is 1. The monoisotopic (exact) mass is 343 g/mol. The van der Waals surface area contributed by atoms with Crippen LogP contribution in [0.25, 0.3) is 11.1 Å². The zero-order valence-corrected chi connectivity index (χ0v) is 14.2. The van der Waals surface area contributed by atoms with Gasteiger partial charge in [-0.2, -0.15) is 0 Å². The lowest BCUT2D eigenvalue weighted by atomic mass is 10.1. The Morgan fingerprint density at radius 3 is 2.56 bits per heavy atom. The Labute approximate surface area is 142 Å². The van der Waals surface area contributed by atoms with Gasteiger partial charge < -0.3 is 24.2 Å². The topological polar surface area (TPSA) is 106 Å². The normalized spacial score (nSPS) is 10.7. The summed E-state index contributed by atoms with van der Waals surface area (Å²) in [6.07, 6.45) is 1.23. The third kappa shape index (κ3) is 2.82. The molecular weight excluding hydrogens is 326 g/mol. The molecule has 1 amide bonds. The van der Waals surface area contributed by atoms with Crippen molar-refractivity contribution < 1.29 is 18.7 Å². The predicted molar refractivity (Wildman–Crippen MR) is 91.6 cm³/mol. The molecule has 3 aromatic rings. The Kier molecular flexibility index (Phi) is 4.18. The SMILES string of the molecule is COc1cc(C)c(NC(=O)c2c(C)oc3nc[nH]c(=O)c23)cc1OC. The minimum absolute atomic E-state index is 0.121. The van der Waals surface area contributed by atoms with E-state index in [1.165, 1.54) is 20.5 Å². The number of hydrogen-bond acceptors (Lipinski definition) is 6. The van der Waals surface area contributed by atoms with Gasteiger partial charge in [-0.3, -0.25) is 9.59 Å². The Bertz CT molecular complexity index is 1020. The van der Waals surface area contributed by atoms with Crippen molar-refractivity contribution in [1.82, 2.24) is 9.97 Å². The molecule has 2 heterocycles. The summed E-state index contributed by atoms with van der Waals surface area (Å²) in [7, 11) is 3.05. The van der Waals surface area contributed by atoms with E-state index in [-0.39, 0.29) is 16.7 Å². The van der Waals surface area contributed by atoms with E-state index in [0.29, 0.717) is 22.9 Å². The van der Waals surface area contributed by atoms with Crippen LogP contribution < -0.4 is 20.3 Å². The maximum atomic E-state index is 12.7. The minimum Gasteiger partial charge on any atom is -0.493 e. The molecule has 8 nitrogen and oxygen atoms in total. The van der Waals surface area contributed by atoms with E-state index in [9.17, 15) is 9.59 Å². The molecular formula is C17H17N3O5. The first kappa shape index (κ1) is 16.6. The van der Waals surface area contributed by atoms with Crippen LogP contribution in [0.4, 0.5) is 5.69 Å². The minimum atomic E-state index is -0.468. The van der Waals surface area contributed by atoms with Crippen LogP contribution in [0.2, 0.25) is 0 Å². The molecule has 25 heavy (non-hydrogen) atoms. The maximum Gasteiger partial charge on any atom is 0.262 e. The fourth-order valence-electron chi connectivity index (χ4n) is 2.63. The number of hydrogen-bond donors (Lipinski definition) is 2. The van der Waals surface area contributed by atoms with Gasteiger partial charge in [0.15, 0.2) is 11.5 Å². The number of nitrogens with one attached hydrogen (secondary N) is 2. The summed E-state index contributed by atoms with van der Waals surface area (Å²) >= 11 is 0. The Balaban J connectivity index is 2.04. The van der Waals surface area contributed by atoms with Gasteiger partial charge in [0.2, 0.25) is 5.71 Å². The van der Waals surface area contributed by atoms with Crippen molar-refractivity contribution >= 4 is 22.7 Å². The number of aryl methyl sites for hydroxylation is 2. The average molecular weight is 343 g/mol. The van der Waals surface area contributed by atoms with Gasteiger partial charge in [-0.15, -0.1) is 0 Å². The molecule has 130 valence electrons. The molecule has 2 N–H and O–H groups in total. The largest absolute Gasteiger partial charge is 0.493 e. The van der Waals surface area contributed by atoms with Crippen LogP contribution in [0.3, 0.4) is 0 Å². The van der Waals surface area contributed by atoms with Crippen LogP contribution in [-0.4, -0.2) is 30.1 Å². The number of H-pyrrole nitrogens is 1. The van der Waals surface area contributed by atoms with Gasteiger partial charge in [0.05, 0.1) is 26.1 Å². The van der Waals surface area contributed by atoms with Gasteiger partial charge in [0.1, 0.15) is 11.1 Å². The summed E-state index contributed by atoms with van der Waals surface area (Å²) in [5.41, 5.74) is 1.16. The number of methoxy groups -OCH3 is 2. The lowest BCUT2D eigenvalue weighted by molar-refractivity contribution is 0.102. The quantitative estimate of drug-likeness (QED) is 0.753. The second-order valence-electron chi connectivity index (χ2n) is 5.42. The number of aromatic nitrogens is 2. The van der Waals surface area contributed by atoms with Gasteiger partial charge in [-0.25, -0.2) is 4.98 Å². The molecule has 2 aromatic heterocycles. The maximum absolute atomic E-state index is 12.7. The Morgan fingerprint density at radius 2 is 1.88 bits per heavy atom. The van der Waals surface area contributed by atoms with Crippen molar-refractivity contribution in [1.29, 1.82) is 0 Å². The number of carbonyl (C=O) groups is 1. The predicted octanol–water partition coefficient (Wildman–Crippen LogP) is 2.40. The van der Waals surface area contributed by atoms with Crippen molar-refractivity contribution in [3.63, 3.8) is 0 Å². The van der Waals surface area contributed by atoms with Gasteiger partial charge in [0.25, 0.3) is 11.5 Å². The number of fused-ring (bicyclic) bond motifs is 1. The average Bonchev–Trinajstić information content (AvgIpc) is 2.93. The molecule has 0 saturated carbocycles. The van der Waals surface area contributed by atoms with Gasteiger partial charge in [-0.1, -0.05) is 0 Å². The summed E-state index contributed by atoms with van der Waals surface area (Å²) in [6.45, 7) is 3.43. The summed E-state index contributed by atoms with van der Waals surface area (Å²) < 4.78 is 15.9. The number of rotatable bonds is 4. The van der Waals surface area contributed by atoms with Crippen LogP contribution in [0.5, 0.6) is 11.5 Å². The van der Waals surface area contributed by atoms with E-state index in [4.69, 9.17) is 13.9 Å². The molecule has 0 unspecified atom stereocenters. The highest BCUT2D eigenvalue weighted by atomic mass is 16.5. The third-order valence-electron chi connectivity index (χ3n) is 3.88. The van der Waals surface area contributed by atoms with Crippen molar-refractivity contribution in [2.45, 2.75) is 13.8 Å². The molecule has 0 atom stereocenters. The van der Waals surface area contributed by atoms with Crippen LogP contribution in [0.1, 0.15) is 21.7 Å². The molecule has 0 aliphatic rings. The van der Waals surface area contributed by atoms with Crippen LogP contribution in [-0.2, 0) is 0 Å². The van der Waals surface area contributed by atoms with Crippen molar-refractivity contribution in [2.24, 2.45) is 0 Å². The fraction of sp³-hybridized carbons (Fsp3) is 0.235. The number of benzene rings is 1. The summed E-state index contributed by atoms with van der Waals surface area (Å²) in [4.78, 5) is 31.2. The number of nitrogens with zero attached hydrogens (tertiary/aromatic N) is 1. The van der Waals surface area contributed by atoms with E-state index < -0.39 is 11.5 Å². The van der Waals surface area contributed by atoms with Crippen molar-refractivity contribution in [3.05, 3.63) is 45.7 Å². The third-order valence-corrected chi connectivity index (χ3v) is 3.88. The fourth-order valence-corrected chi connectivity index (χ4v) is 2.63. The summed E-state index contributed by atoms with van der Waals surface area (Å²) in [5, 5.41) is 2.90. The molecule has 0 aliphatic carbocycles. The van der Waals surface area contributed by atoms with Crippen LogP contribution in [0.15, 0.2) is 27.7 Å². The first-order chi connectivity index (χ1) is 12.0. The molecule has 3 rings (SSSR count). The van der Waals surface area contributed by atoms with Gasteiger partial charge in [-0.05, 0) is 25.5 Å². The van der Waals surface area contributed by atoms with E-state index >= 15 is 0 Å². The standard InChI is InChI=1S/C17H17N3O5/c1-8-5-11(23-3)12(24-4)6-10(8)20-16(22)13-9(2)25-17-14(13)15(21)18-7-19-17/h5-7H,1-4H3,(H,20,22)(H,18,19,21). The van der Waals surface area contributed by atoms with Crippen molar-refractivity contribution in [2.75, 3.05) is 19.5 Å². The van der Waals surface area contributed by atoms with E-state index in [2.05, 4.69) is 15.3 Å². The number of aromatic amines is 1. The zero-order chi connectivity index (χ0) is 18.1. The molecule has 8 heteroatoms. The van der Waals surface area contributed by atoms with E-state index in [1.54, 1.807) is 19.1 Å². The molecule has 1 aromatic carbocycles.